The zero-order valence-corrected chi connectivity index (χ0v) is 8.19. The summed E-state index contributed by atoms with van der Waals surface area (Å²) >= 11 is 0. The smallest absolute Gasteiger partial charge is 0.315 e. The van der Waals surface area contributed by atoms with Gasteiger partial charge in [0.05, 0.1) is 5.41 Å². The third-order valence-corrected chi connectivity index (χ3v) is 3.61. The van der Waals surface area contributed by atoms with Gasteiger partial charge in [0.15, 0.2) is 0 Å². The van der Waals surface area contributed by atoms with E-state index in [1.807, 2.05) is 11.8 Å². The number of rotatable bonds is 1. The summed E-state index contributed by atoms with van der Waals surface area (Å²) in [5.41, 5.74) is -1.47. The highest BCUT2D eigenvalue weighted by molar-refractivity contribution is 5.06. The fourth-order valence-electron chi connectivity index (χ4n) is 2.67. The van der Waals surface area contributed by atoms with Gasteiger partial charge in [-0.25, -0.2) is 0 Å². The second kappa shape index (κ2) is 3.10. The Hall–Kier alpha value is -0.290. The molecule has 0 radical (unpaired) electrons. The van der Waals surface area contributed by atoms with Crippen molar-refractivity contribution in [2.45, 2.75) is 13.1 Å². The van der Waals surface area contributed by atoms with Gasteiger partial charge in [-0.15, -0.1) is 0 Å². The molecule has 2 aliphatic heterocycles. The minimum absolute atomic E-state index is 0.0949. The molecule has 0 spiro atoms. The zero-order valence-electron chi connectivity index (χ0n) is 8.19. The Kier molecular flexibility index (Phi) is 2.27. The third-order valence-electron chi connectivity index (χ3n) is 3.61. The predicted octanol–water partition coefficient (Wildman–Crippen LogP) is 1.09. The monoisotopic (exact) mass is 208 g/mol. The van der Waals surface area contributed by atoms with E-state index in [4.69, 9.17) is 0 Å². The Morgan fingerprint density at radius 3 is 2.71 bits per heavy atom. The number of hydrogen-bond acceptors (Lipinski definition) is 2. The van der Waals surface area contributed by atoms with Gasteiger partial charge in [-0.2, -0.15) is 13.2 Å². The summed E-state index contributed by atoms with van der Waals surface area (Å²) in [6.45, 7) is 3.99. The molecule has 0 aromatic rings. The second-order valence-electron chi connectivity index (χ2n) is 4.31. The van der Waals surface area contributed by atoms with Crippen LogP contribution in [0.3, 0.4) is 0 Å². The van der Waals surface area contributed by atoms with Crippen LogP contribution in [-0.2, 0) is 0 Å². The molecule has 0 saturated carbocycles. The fraction of sp³-hybridized carbons (Fsp3) is 1.00. The molecule has 0 bridgehead atoms. The first-order valence-electron chi connectivity index (χ1n) is 4.99. The van der Waals surface area contributed by atoms with Crippen LogP contribution in [-0.4, -0.2) is 43.8 Å². The average molecular weight is 208 g/mol. The number of halogens is 3. The molecule has 2 nitrogen and oxygen atoms in total. The Morgan fingerprint density at radius 2 is 2.21 bits per heavy atom. The van der Waals surface area contributed by atoms with Crippen LogP contribution in [0.5, 0.6) is 0 Å². The first kappa shape index (κ1) is 10.2. The first-order valence-corrected chi connectivity index (χ1v) is 4.99. The Balaban J connectivity index is 2.23. The van der Waals surface area contributed by atoms with Crippen LogP contribution < -0.4 is 5.32 Å². The quantitative estimate of drug-likeness (QED) is 0.694. The number of alkyl halides is 3. The van der Waals surface area contributed by atoms with Gasteiger partial charge in [0.2, 0.25) is 0 Å². The lowest BCUT2D eigenvalue weighted by molar-refractivity contribution is -0.221. The van der Waals surface area contributed by atoms with Crippen LogP contribution >= 0.6 is 0 Å². The van der Waals surface area contributed by atoms with Crippen LogP contribution in [0.1, 0.15) is 6.92 Å². The van der Waals surface area contributed by atoms with Crippen LogP contribution in [0.15, 0.2) is 0 Å². The van der Waals surface area contributed by atoms with E-state index in [0.29, 0.717) is 19.6 Å². The van der Waals surface area contributed by atoms with Crippen molar-refractivity contribution in [1.29, 1.82) is 0 Å². The van der Waals surface area contributed by atoms with Gasteiger partial charge in [0.1, 0.15) is 0 Å². The molecular formula is C9H15F3N2. The molecule has 2 unspecified atom stereocenters. The lowest BCUT2D eigenvalue weighted by atomic mass is 9.80. The van der Waals surface area contributed by atoms with Crippen LogP contribution in [0.25, 0.3) is 0 Å². The van der Waals surface area contributed by atoms with Crippen molar-refractivity contribution in [3.63, 3.8) is 0 Å². The number of likely N-dealkylation sites (tertiary alicyclic amines) is 1. The molecule has 2 saturated heterocycles. The second-order valence-corrected chi connectivity index (χ2v) is 4.31. The van der Waals surface area contributed by atoms with E-state index in [0.717, 1.165) is 0 Å². The predicted molar refractivity (Wildman–Crippen MR) is 47.0 cm³/mol. The third kappa shape index (κ3) is 1.26. The van der Waals surface area contributed by atoms with Crippen molar-refractivity contribution in [1.82, 2.24) is 10.2 Å². The summed E-state index contributed by atoms with van der Waals surface area (Å²) in [6.07, 6.45) is -4.06. The van der Waals surface area contributed by atoms with E-state index in [1.54, 1.807) is 0 Å². The summed E-state index contributed by atoms with van der Waals surface area (Å²) in [5, 5.41) is 2.87. The summed E-state index contributed by atoms with van der Waals surface area (Å²) in [5.74, 6) is -0.248. The van der Waals surface area contributed by atoms with Crippen molar-refractivity contribution in [2.24, 2.45) is 11.3 Å². The van der Waals surface area contributed by atoms with Crippen molar-refractivity contribution >= 4 is 0 Å². The molecule has 82 valence electrons. The molecule has 2 rings (SSSR count). The minimum Gasteiger partial charge on any atom is -0.315 e. The van der Waals surface area contributed by atoms with E-state index in [-0.39, 0.29) is 19.0 Å². The lowest BCUT2D eigenvalue weighted by Crippen LogP contribution is -2.45. The van der Waals surface area contributed by atoms with Gasteiger partial charge in [-0.3, -0.25) is 0 Å². The summed E-state index contributed by atoms with van der Waals surface area (Å²) < 4.78 is 38.8. The van der Waals surface area contributed by atoms with Crippen molar-refractivity contribution in [2.75, 3.05) is 32.7 Å². The fourth-order valence-corrected chi connectivity index (χ4v) is 2.67. The first-order chi connectivity index (χ1) is 6.49. The van der Waals surface area contributed by atoms with E-state index in [1.165, 1.54) is 0 Å². The standard InChI is InChI=1S/C9H15F3N2/c1-2-14-4-7-3-13-5-8(7,6-14)9(10,11)12/h7,13H,2-6H2,1H3. The highest BCUT2D eigenvalue weighted by atomic mass is 19.4. The molecule has 14 heavy (non-hydrogen) atoms. The molecule has 0 amide bonds. The minimum atomic E-state index is -4.06. The highest BCUT2D eigenvalue weighted by Gasteiger charge is 2.64. The SMILES string of the molecule is CCN1CC2CNCC2(C(F)(F)F)C1. The molecule has 0 aliphatic carbocycles. The molecule has 2 atom stereocenters. The molecule has 0 aromatic carbocycles. The maximum Gasteiger partial charge on any atom is 0.397 e. The molecule has 2 heterocycles. The van der Waals surface area contributed by atoms with E-state index < -0.39 is 11.6 Å². The topological polar surface area (TPSA) is 15.3 Å². The molecule has 2 aliphatic rings. The summed E-state index contributed by atoms with van der Waals surface area (Å²) in [6, 6.07) is 0. The lowest BCUT2D eigenvalue weighted by Gasteiger charge is -2.30. The van der Waals surface area contributed by atoms with Gasteiger partial charge in [-0.05, 0) is 6.54 Å². The Labute approximate surface area is 81.5 Å². The van der Waals surface area contributed by atoms with E-state index in [9.17, 15) is 13.2 Å². The molecule has 1 N–H and O–H groups in total. The maximum absolute atomic E-state index is 12.9. The Morgan fingerprint density at radius 1 is 1.50 bits per heavy atom. The number of nitrogens with one attached hydrogen (secondary N) is 1. The average Bonchev–Trinajstić information content (AvgIpc) is 2.56. The van der Waals surface area contributed by atoms with Crippen LogP contribution in [0, 0.1) is 11.3 Å². The normalized spacial score (nSPS) is 39.0. The number of fused-ring (bicyclic) bond motifs is 1. The van der Waals surface area contributed by atoms with Crippen molar-refractivity contribution < 1.29 is 13.2 Å². The Bertz CT molecular complexity index is 229. The van der Waals surface area contributed by atoms with Crippen molar-refractivity contribution in [3.8, 4) is 0 Å². The zero-order chi connectivity index (χ0) is 10.4. The van der Waals surface area contributed by atoms with Crippen LogP contribution in [0.2, 0.25) is 0 Å². The summed E-state index contributed by atoms with van der Waals surface area (Å²) in [7, 11) is 0. The number of hydrogen-bond donors (Lipinski definition) is 1. The highest BCUT2D eigenvalue weighted by Crippen LogP contribution is 2.50. The number of nitrogens with zero attached hydrogens (tertiary/aromatic N) is 1. The molecule has 2 fully saturated rings. The van der Waals surface area contributed by atoms with Gasteiger partial charge in [0.25, 0.3) is 0 Å². The maximum atomic E-state index is 12.9. The van der Waals surface area contributed by atoms with E-state index >= 15 is 0 Å². The van der Waals surface area contributed by atoms with Crippen LogP contribution in [0.4, 0.5) is 13.2 Å². The summed E-state index contributed by atoms with van der Waals surface area (Å²) in [4.78, 5) is 1.90. The van der Waals surface area contributed by atoms with Gasteiger partial charge < -0.3 is 10.2 Å². The van der Waals surface area contributed by atoms with Gasteiger partial charge >= 0.3 is 6.18 Å². The van der Waals surface area contributed by atoms with E-state index in [2.05, 4.69) is 5.32 Å². The van der Waals surface area contributed by atoms with Gasteiger partial charge in [-0.1, -0.05) is 6.92 Å². The largest absolute Gasteiger partial charge is 0.397 e. The molecular weight excluding hydrogens is 193 g/mol. The van der Waals surface area contributed by atoms with Gasteiger partial charge in [0, 0.05) is 32.1 Å². The molecule has 0 aromatic heterocycles. The molecule has 5 heteroatoms. The van der Waals surface area contributed by atoms with Crippen molar-refractivity contribution in [3.05, 3.63) is 0 Å².